The van der Waals surface area contributed by atoms with Crippen LogP contribution in [0.4, 0.5) is 5.13 Å². The third-order valence-electron chi connectivity index (χ3n) is 4.43. The highest BCUT2D eigenvalue weighted by Crippen LogP contribution is 2.28. The molecule has 168 valence electrons. The lowest BCUT2D eigenvalue weighted by atomic mass is 10.1. The van der Waals surface area contributed by atoms with Crippen molar-refractivity contribution in [2.45, 2.75) is 22.6 Å². The zero-order valence-electron chi connectivity index (χ0n) is 17.7. The van der Waals surface area contributed by atoms with Gasteiger partial charge < -0.3 is 10.1 Å². The second-order valence-electron chi connectivity index (χ2n) is 6.64. The zero-order valence-corrected chi connectivity index (χ0v) is 20.2. The van der Waals surface area contributed by atoms with Crippen molar-refractivity contribution < 1.29 is 14.3 Å². The molecule has 2 N–H and O–H groups in total. The molecule has 10 heteroatoms. The molecule has 3 rings (SSSR count). The summed E-state index contributed by atoms with van der Waals surface area (Å²) >= 11 is 4.48. The number of thioether (sulfide) groups is 2. The number of para-hydroxylation sites is 1. The van der Waals surface area contributed by atoms with Crippen LogP contribution >= 0.6 is 34.9 Å². The number of rotatable bonds is 11. The first kappa shape index (κ1) is 24.1. The molecule has 0 saturated carbocycles. The molecule has 0 fully saturated rings. The van der Waals surface area contributed by atoms with Crippen LogP contribution in [0.2, 0.25) is 0 Å². The summed E-state index contributed by atoms with van der Waals surface area (Å²) < 4.78 is 6.03. The molecule has 2 amide bonds. The minimum atomic E-state index is -0.704. The number of carbonyl (C=O) groups is 2. The average molecular weight is 489 g/mol. The molecule has 0 spiro atoms. The molecule has 32 heavy (non-hydrogen) atoms. The lowest BCUT2D eigenvalue weighted by molar-refractivity contribution is -0.118. The highest BCUT2D eigenvalue weighted by Gasteiger charge is 2.23. The van der Waals surface area contributed by atoms with Crippen LogP contribution in [-0.4, -0.2) is 47.2 Å². The summed E-state index contributed by atoms with van der Waals surface area (Å²) in [4.78, 5) is 25.7. The van der Waals surface area contributed by atoms with Gasteiger partial charge in [0.2, 0.25) is 11.0 Å². The van der Waals surface area contributed by atoms with Crippen molar-refractivity contribution in [1.29, 1.82) is 0 Å². The molecule has 1 atom stereocenters. The number of aromatic nitrogens is 2. The Morgan fingerprint density at radius 3 is 2.59 bits per heavy atom. The Kier molecular flexibility index (Phi) is 9.39. The number of amides is 2. The molecular formula is C22H24N4O3S3. The summed E-state index contributed by atoms with van der Waals surface area (Å²) in [6.45, 7) is 0. The fraction of sp³-hybridized carbons (Fsp3) is 0.273. The second kappa shape index (κ2) is 12.5. The summed E-state index contributed by atoms with van der Waals surface area (Å²) in [6.07, 6.45) is 2.44. The quantitative estimate of drug-likeness (QED) is 0.306. The number of hydrogen-bond donors (Lipinski definition) is 2. The smallest absolute Gasteiger partial charge is 0.255 e. The van der Waals surface area contributed by atoms with Crippen LogP contribution in [0, 0.1) is 0 Å². The monoisotopic (exact) mass is 488 g/mol. The van der Waals surface area contributed by atoms with Crippen molar-refractivity contribution in [3.63, 3.8) is 0 Å². The van der Waals surface area contributed by atoms with E-state index >= 15 is 0 Å². The standard InChI is InChI=1S/C22H24N4O3S3/c1-29-18-11-7-6-10-16(18)19(27)23-17(12-13-30-2)20(28)24-21-25-26-22(32-21)31-14-15-8-4-3-5-9-15/h3-11,17H,12-14H2,1-2H3,(H,23,27)(H,24,25,28). The molecule has 3 aromatic rings. The van der Waals surface area contributed by atoms with E-state index in [0.717, 1.165) is 15.8 Å². The Balaban J connectivity index is 1.62. The second-order valence-corrected chi connectivity index (χ2v) is 9.83. The molecule has 1 heterocycles. The summed E-state index contributed by atoms with van der Waals surface area (Å²) in [7, 11) is 1.51. The van der Waals surface area contributed by atoms with Crippen LogP contribution < -0.4 is 15.4 Å². The van der Waals surface area contributed by atoms with E-state index in [-0.39, 0.29) is 11.8 Å². The number of benzene rings is 2. The molecule has 1 aromatic heterocycles. The fourth-order valence-corrected chi connectivity index (χ4v) is 4.99. The van der Waals surface area contributed by atoms with Gasteiger partial charge in [0.1, 0.15) is 11.8 Å². The van der Waals surface area contributed by atoms with Gasteiger partial charge in [0.05, 0.1) is 12.7 Å². The number of carbonyl (C=O) groups excluding carboxylic acids is 2. The Labute approximate surface area is 199 Å². The van der Waals surface area contributed by atoms with Crippen molar-refractivity contribution in [3.8, 4) is 5.75 Å². The van der Waals surface area contributed by atoms with E-state index in [0.29, 0.717) is 22.9 Å². The molecule has 2 aromatic carbocycles. The number of nitrogens with zero attached hydrogens (tertiary/aromatic N) is 2. The van der Waals surface area contributed by atoms with Crippen LogP contribution in [0.15, 0.2) is 58.9 Å². The summed E-state index contributed by atoms with van der Waals surface area (Å²) in [5.74, 6) is 1.27. The zero-order chi connectivity index (χ0) is 22.8. The van der Waals surface area contributed by atoms with Crippen LogP contribution in [-0.2, 0) is 10.5 Å². The summed E-state index contributed by atoms with van der Waals surface area (Å²) in [5, 5.41) is 14.2. The van der Waals surface area contributed by atoms with Gasteiger partial charge in [0.15, 0.2) is 4.34 Å². The van der Waals surface area contributed by atoms with Crippen molar-refractivity contribution >= 4 is 51.8 Å². The van der Waals surface area contributed by atoms with Gasteiger partial charge in [0.25, 0.3) is 5.91 Å². The highest BCUT2D eigenvalue weighted by molar-refractivity contribution is 8.00. The first-order chi connectivity index (χ1) is 15.6. The molecule has 0 saturated heterocycles. The lowest BCUT2D eigenvalue weighted by Crippen LogP contribution is -2.44. The molecule has 7 nitrogen and oxygen atoms in total. The van der Waals surface area contributed by atoms with Crippen molar-refractivity contribution in [2.75, 3.05) is 24.4 Å². The van der Waals surface area contributed by atoms with Crippen molar-refractivity contribution in [2.24, 2.45) is 0 Å². The number of ether oxygens (including phenoxy) is 1. The van der Waals surface area contributed by atoms with Gasteiger partial charge in [-0.2, -0.15) is 11.8 Å². The van der Waals surface area contributed by atoms with E-state index in [9.17, 15) is 9.59 Å². The third-order valence-corrected chi connectivity index (χ3v) is 7.11. The molecule has 1 unspecified atom stereocenters. The minimum absolute atomic E-state index is 0.321. The maximum atomic E-state index is 12.9. The SMILES string of the molecule is COc1ccccc1C(=O)NC(CCSC)C(=O)Nc1nnc(SCc2ccccc2)s1. The van der Waals surface area contributed by atoms with Crippen LogP contribution in [0.1, 0.15) is 22.3 Å². The Hall–Kier alpha value is -2.56. The van der Waals surface area contributed by atoms with Gasteiger partial charge in [0, 0.05) is 5.75 Å². The Morgan fingerprint density at radius 1 is 1.09 bits per heavy atom. The molecule has 0 aliphatic carbocycles. The predicted octanol–water partition coefficient (Wildman–Crippen LogP) is 4.33. The Morgan fingerprint density at radius 2 is 1.84 bits per heavy atom. The molecule has 0 aliphatic rings. The minimum Gasteiger partial charge on any atom is -0.496 e. The highest BCUT2D eigenvalue weighted by atomic mass is 32.2. The van der Waals surface area contributed by atoms with Gasteiger partial charge in [-0.3, -0.25) is 14.9 Å². The van der Waals surface area contributed by atoms with Crippen LogP contribution in [0.5, 0.6) is 5.75 Å². The molecule has 0 radical (unpaired) electrons. The van der Waals surface area contributed by atoms with Gasteiger partial charge in [-0.15, -0.1) is 10.2 Å². The first-order valence-corrected chi connectivity index (χ1v) is 13.0. The van der Waals surface area contributed by atoms with Crippen molar-refractivity contribution in [1.82, 2.24) is 15.5 Å². The topological polar surface area (TPSA) is 93.2 Å². The van der Waals surface area contributed by atoms with E-state index in [1.807, 2.05) is 24.5 Å². The van der Waals surface area contributed by atoms with E-state index in [1.54, 1.807) is 47.8 Å². The maximum absolute atomic E-state index is 12.9. The predicted molar refractivity (Wildman–Crippen MR) is 132 cm³/mol. The summed E-state index contributed by atoms with van der Waals surface area (Å²) in [5.41, 5.74) is 1.57. The number of anilines is 1. The number of methoxy groups -OCH3 is 1. The largest absolute Gasteiger partial charge is 0.496 e. The molecule has 0 bridgehead atoms. The normalized spacial score (nSPS) is 11.6. The average Bonchev–Trinajstić information content (AvgIpc) is 3.28. The van der Waals surface area contributed by atoms with Gasteiger partial charge in [-0.1, -0.05) is 65.6 Å². The van der Waals surface area contributed by atoms with E-state index in [4.69, 9.17) is 4.74 Å². The maximum Gasteiger partial charge on any atom is 0.255 e. The molecule has 0 aliphatic heterocycles. The third kappa shape index (κ3) is 6.98. The first-order valence-electron chi connectivity index (χ1n) is 9.84. The number of nitrogens with one attached hydrogen (secondary N) is 2. The lowest BCUT2D eigenvalue weighted by Gasteiger charge is -2.18. The van der Waals surface area contributed by atoms with Crippen LogP contribution in [0.3, 0.4) is 0 Å². The van der Waals surface area contributed by atoms with Gasteiger partial charge in [-0.25, -0.2) is 0 Å². The van der Waals surface area contributed by atoms with E-state index in [1.165, 1.54) is 24.0 Å². The van der Waals surface area contributed by atoms with Crippen molar-refractivity contribution in [3.05, 3.63) is 65.7 Å². The molecular weight excluding hydrogens is 464 g/mol. The fourth-order valence-electron chi connectivity index (χ4n) is 2.80. The van der Waals surface area contributed by atoms with Gasteiger partial charge in [-0.05, 0) is 36.1 Å². The van der Waals surface area contributed by atoms with E-state index in [2.05, 4.69) is 33.0 Å². The summed E-state index contributed by atoms with van der Waals surface area (Å²) in [6, 6.07) is 16.3. The van der Waals surface area contributed by atoms with Gasteiger partial charge >= 0.3 is 0 Å². The Bertz CT molecular complexity index is 1030. The van der Waals surface area contributed by atoms with Crippen LogP contribution in [0.25, 0.3) is 0 Å². The number of hydrogen-bond acceptors (Lipinski definition) is 8. The van der Waals surface area contributed by atoms with E-state index < -0.39 is 6.04 Å².